The molecule has 186 valence electrons. The van der Waals surface area contributed by atoms with Gasteiger partial charge in [-0.1, -0.05) is 6.07 Å². The molecule has 2 aliphatic rings. The van der Waals surface area contributed by atoms with Crippen LogP contribution in [0, 0.1) is 11.3 Å². The fourth-order valence-corrected chi connectivity index (χ4v) is 6.62. The summed E-state index contributed by atoms with van der Waals surface area (Å²) in [6.07, 6.45) is -4.79. The average Bonchev–Trinajstić information content (AvgIpc) is 3.35. The zero-order chi connectivity index (χ0) is 25.7. The molecule has 0 fully saturated rings. The quantitative estimate of drug-likeness (QED) is 0.500. The van der Waals surface area contributed by atoms with Gasteiger partial charge in [-0.05, 0) is 65.6 Å². The summed E-state index contributed by atoms with van der Waals surface area (Å²) in [5.74, 6) is -1.56. The van der Waals surface area contributed by atoms with Gasteiger partial charge in [0.25, 0.3) is 10.0 Å². The number of carbonyl (C=O) groups is 1. The summed E-state index contributed by atoms with van der Waals surface area (Å²) >= 11 is 1.28. The molecule has 0 radical (unpaired) electrons. The summed E-state index contributed by atoms with van der Waals surface area (Å²) < 4.78 is 73.0. The standard InChI is InChI=1S/C24H18F3N3O4S2/c25-24(26,27)23(31)29-8-7-15-1-4-19(11-17(15)14-29)36(32,33)30-9-10-34-21-5-2-16(12-20(21)30)22-6-3-18(13-28)35-22/h1-6,11-12H,7-10,14H2. The molecule has 0 unspecified atom stereocenters. The molecule has 0 atom stereocenters. The van der Waals surface area contributed by atoms with Crippen LogP contribution in [0.4, 0.5) is 18.9 Å². The first kappa shape index (κ1) is 24.1. The number of halogens is 3. The van der Waals surface area contributed by atoms with Crippen molar-refractivity contribution in [2.24, 2.45) is 0 Å². The Morgan fingerprint density at radius 2 is 1.86 bits per heavy atom. The van der Waals surface area contributed by atoms with Gasteiger partial charge >= 0.3 is 12.1 Å². The van der Waals surface area contributed by atoms with Crippen molar-refractivity contribution in [3.63, 3.8) is 0 Å². The van der Waals surface area contributed by atoms with Crippen molar-refractivity contribution in [2.45, 2.75) is 24.0 Å². The average molecular weight is 534 g/mol. The van der Waals surface area contributed by atoms with Crippen molar-refractivity contribution >= 4 is 33.0 Å². The maximum Gasteiger partial charge on any atom is 0.471 e. The Hall–Kier alpha value is -3.56. The van der Waals surface area contributed by atoms with E-state index in [0.717, 1.165) is 10.4 Å². The fraction of sp³-hybridized carbons (Fsp3) is 0.250. The maximum absolute atomic E-state index is 13.7. The van der Waals surface area contributed by atoms with Gasteiger partial charge in [-0.2, -0.15) is 18.4 Å². The first-order chi connectivity index (χ1) is 17.1. The number of thiophene rings is 1. The van der Waals surface area contributed by atoms with Crippen LogP contribution in [0.15, 0.2) is 53.4 Å². The van der Waals surface area contributed by atoms with E-state index in [1.165, 1.54) is 27.8 Å². The zero-order valence-electron chi connectivity index (χ0n) is 18.6. The van der Waals surface area contributed by atoms with Crippen molar-refractivity contribution in [3.05, 3.63) is 64.5 Å². The minimum absolute atomic E-state index is 0.0441. The van der Waals surface area contributed by atoms with Crippen molar-refractivity contribution in [2.75, 3.05) is 24.0 Å². The number of hydrogen-bond donors (Lipinski definition) is 0. The smallest absolute Gasteiger partial charge is 0.471 e. The number of carbonyl (C=O) groups excluding carboxylic acids is 1. The van der Waals surface area contributed by atoms with Crippen molar-refractivity contribution in [1.82, 2.24) is 4.90 Å². The van der Waals surface area contributed by atoms with E-state index in [1.54, 1.807) is 36.4 Å². The Bertz CT molecular complexity index is 1510. The van der Waals surface area contributed by atoms with Crippen LogP contribution < -0.4 is 9.04 Å². The molecule has 0 saturated heterocycles. The van der Waals surface area contributed by atoms with E-state index in [0.29, 0.717) is 32.3 Å². The molecular weight excluding hydrogens is 515 g/mol. The van der Waals surface area contributed by atoms with E-state index < -0.39 is 22.1 Å². The van der Waals surface area contributed by atoms with Crippen LogP contribution in [0.5, 0.6) is 5.75 Å². The Balaban J connectivity index is 1.49. The molecule has 0 spiro atoms. The minimum atomic E-state index is -4.99. The van der Waals surface area contributed by atoms with Gasteiger partial charge in [0, 0.05) is 18.0 Å². The number of rotatable bonds is 3. The summed E-state index contributed by atoms with van der Waals surface area (Å²) in [6, 6.07) is 15.1. The summed E-state index contributed by atoms with van der Waals surface area (Å²) in [6.45, 7) is -0.238. The number of nitrogens with zero attached hydrogens (tertiary/aromatic N) is 3. The number of ether oxygens (including phenoxy) is 1. The Labute approximate surface area is 209 Å². The molecule has 0 saturated carbocycles. The second kappa shape index (κ2) is 8.83. The predicted molar refractivity (Wildman–Crippen MR) is 126 cm³/mol. The lowest BCUT2D eigenvalue weighted by Gasteiger charge is -2.32. The highest BCUT2D eigenvalue weighted by Gasteiger charge is 2.43. The zero-order valence-corrected chi connectivity index (χ0v) is 20.2. The molecule has 3 heterocycles. The third-order valence-corrected chi connectivity index (χ3v) is 8.94. The van der Waals surface area contributed by atoms with Gasteiger partial charge in [-0.25, -0.2) is 8.42 Å². The van der Waals surface area contributed by atoms with Crippen LogP contribution in [-0.4, -0.2) is 45.1 Å². The predicted octanol–water partition coefficient (Wildman–Crippen LogP) is 4.32. The maximum atomic E-state index is 13.7. The minimum Gasteiger partial charge on any atom is -0.489 e. The van der Waals surface area contributed by atoms with Crippen molar-refractivity contribution in [3.8, 4) is 22.3 Å². The molecule has 2 aliphatic heterocycles. The first-order valence-electron chi connectivity index (χ1n) is 10.9. The van der Waals surface area contributed by atoms with Crippen molar-refractivity contribution in [1.29, 1.82) is 5.26 Å². The SMILES string of the molecule is N#Cc1ccc(-c2ccc3c(c2)N(S(=O)(=O)c2ccc4c(c2)CN(C(=O)C(F)(F)F)CC4)CCO3)s1. The number of fused-ring (bicyclic) bond motifs is 2. The van der Waals surface area contributed by atoms with Crippen LogP contribution in [0.1, 0.15) is 16.0 Å². The fourth-order valence-electron chi connectivity index (χ4n) is 4.32. The topological polar surface area (TPSA) is 90.7 Å². The third kappa shape index (κ3) is 4.29. The number of benzene rings is 2. The highest BCUT2D eigenvalue weighted by molar-refractivity contribution is 7.92. The van der Waals surface area contributed by atoms with Gasteiger partial charge in [-0.15, -0.1) is 11.3 Å². The molecular formula is C24H18F3N3O4S2. The van der Waals surface area contributed by atoms with Gasteiger partial charge in [0.1, 0.15) is 23.3 Å². The lowest BCUT2D eigenvalue weighted by atomic mass is 10.00. The lowest BCUT2D eigenvalue weighted by molar-refractivity contribution is -0.186. The van der Waals surface area contributed by atoms with Crippen LogP contribution in [0.25, 0.3) is 10.4 Å². The molecule has 0 bridgehead atoms. The third-order valence-electron chi connectivity index (χ3n) is 6.09. The van der Waals surface area contributed by atoms with E-state index in [9.17, 15) is 26.4 Å². The molecule has 1 amide bonds. The van der Waals surface area contributed by atoms with E-state index in [4.69, 9.17) is 10.00 Å². The van der Waals surface area contributed by atoms with Crippen molar-refractivity contribution < 1.29 is 31.1 Å². The molecule has 1 aromatic heterocycles. The number of amides is 1. The lowest BCUT2D eigenvalue weighted by Crippen LogP contribution is -2.43. The van der Waals surface area contributed by atoms with E-state index in [-0.39, 0.29) is 37.6 Å². The largest absolute Gasteiger partial charge is 0.489 e. The van der Waals surface area contributed by atoms with Crippen LogP contribution in [-0.2, 0) is 27.8 Å². The van der Waals surface area contributed by atoms with Gasteiger partial charge in [0.05, 0.1) is 17.1 Å². The van der Waals surface area contributed by atoms with Gasteiger partial charge in [0.2, 0.25) is 0 Å². The molecule has 0 N–H and O–H groups in total. The van der Waals surface area contributed by atoms with E-state index in [1.807, 2.05) is 0 Å². The van der Waals surface area contributed by atoms with E-state index >= 15 is 0 Å². The molecule has 5 rings (SSSR count). The second-order valence-electron chi connectivity index (χ2n) is 8.29. The Morgan fingerprint density at radius 3 is 2.58 bits per heavy atom. The molecule has 3 aromatic rings. The molecule has 0 aliphatic carbocycles. The summed E-state index contributed by atoms with van der Waals surface area (Å²) in [5.41, 5.74) is 2.12. The number of anilines is 1. The monoisotopic (exact) mass is 533 g/mol. The normalized spacial score (nSPS) is 15.5. The highest BCUT2D eigenvalue weighted by Crippen LogP contribution is 2.40. The van der Waals surface area contributed by atoms with Gasteiger partial charge in [-0.3, -0.25) is 9.10 Å². The Kier molecular flexibility index (Phi) is 5.92. The van der Waals surface area contributed by atoms with Crippen LogP contribution in [0.2, 0.25) is 0 Å². The summed E-state index contributed by atoms with van der Waals surface area (Å²) in [5, 5.41) is 9.11. The summed E-state index contributed by atoms with van der Waals surface area (Å²) in [4.78, 5) is 13.6. The van der Waals surface area contributed by atoms with Crippen LogP contribution in [0.3, 0.4) is 0 Å². The van der Waals surface area contributed by atoms with Gasteiger partial charge in [0.15, 0.2) is 0 Å². The number of alkyl halides is 3. The molecule has 2 aromatic carbocycles. The van der Waals surface area contributed by atoms with Gasteiger partial charge < -0.3 is 9.64 Å². The molecule has 36 heavy (non-hydrogen) atoms. The number of sulfonamides is 1. The highest BCUT2D eigenvalue weighted by atomic mass is 32.2. The van der Waals surface area contributed by atoms with E-state index in [2.05, 4.69) is 6.07 Å². The summed E-state index contributed by atoms with van der Waals surface area (Å²) in [7, 11) is -4.09. The Morgan fingerprint density at radius 1 is 1.06 bits per heavy atom. The first-order valence-corrected chi connectivity index (χ1v) is 13.1. The number of hydrogen-bond acceptors (Lipinski definition) is 6. The number of nitriles is 1. The second-order valence-corrected chi connectivity index (χ2v) is 11.2. The molecule has 12 heteroatoms. The molecule has 7 nitrogen and oxygen atoms in total. The van der Waals surface area contributed by atoms with Crippen LogP contribution >= 0.6 is 11.3 Å².